The molecule has 41 heavy (non-hydrogen) atoms. The van der Waals surface area contributed by atoms with Gasteiger partial charge in [0, 0.05) is 13.0 Å². The fourth-order valence-electron chi connectivity index (χ4n) is 4.56. The van der Waals surface area contributed by atoms with Crippen LogP contribution in [-0.2, 0) is 14.3 Å². The molecule has 1 unspecified atom stereocenters. The number of hydrogen-bond acceptors (Lipinski definition) is 4. The fraction of sp³-hybridized carbons (Fsp3) is 0.757. The zero-order valence-electron chi connectivity index (χ0n) is 27.0. The third-order valence-corrected chi connectivity index (χ3v) is 7.14. The Bertz CT molecular complexity index is 649. The predicted octanol–water partition coefficient (Wildman–Crippen LogP) is 10.8. The summed E-state index contributed by atoms with van der Waals surface area (Å²) in [6.45, 7) is 5.16. The smallest absolute Gasteiger partial charge is 0.306 e. The number of unbranched alkanes of at least 4 members (excludes halogenated alkanes) is 15. The minimum absolute atomic E-state index is 0.179. The van der Waals surface area contributed by atoms with Crippen LogP contribution in [-0.4, -0.2) is 37.0 Å². The Morgan fingerprint density at radius 3 is 1.68 bits per heavy atom. The number of allylic oxidation sites excluding steroid dienone is 8. The molecule has 238 valence electrons. The van der Waals surface area contributed by atoms with Gasteiger partial charge in [0.25, 0.3) is 0 Å². The van der Waals surface area contributed by atoms with Gasteiger partial charge in [-0.3, -0.25) is 4.79 Å². The standard InChI is InChI=1S/C37H66O4/c1-3-5-7-9-11-13-15-16-17-18-19-20-21-23-25-27-29-31-33-40-35-36(34-38)41-37(39)32-30-28-26-24-22-14-12-10-8-6-4-2/h5,7,10-13,16-17,36,38H,3-4,6,8-9,14-15,18-35H2,1-2H3/b7-5-,12-10-,13-11-,17-16-. The monoisotopic (exact) mass is 574 g/mol. The average Bonchev–Trinajstić information content (AvgIpc) is 2.98. The van der Waals surface area contributed by atoms with Gasteiger partial charge in [-0.15, -0.1) is 0 Å². The van der Waals surface area contributed by atoms with Crippen LogP contribution in [0.2, 0.25) is 0 Å². The number of aliphatic hydroxyl groups is 1. The molecule has 0 aliphatic carbocycles. The second-order valence-corrected chi connectivity index (χ2v) is 11.2. The Labute approximate surface area is 254 Å². The molecule has 0 saturated heterocycles. The van der Waals surface area contributed by atoms with E-state index in [-0.39, 0.29) is 19.2 Å². The van der Waals surface area contributed by atoms with Crippen molar-refractivity contribution < 1.29 is 19.4 Å². The lowest BCUT2D eigenvalue weighted by Crippen LogP contribution is -2.27. The van der Waals surface area contributed by atoms with Crippen molar-refractivity contribution in [1.82, 2.24) is 0 Å². The maximum Gasteiger partial charge on any atom is 0.306 e. The van der Waals surface area contributed by atoms with Crippen molar-refractivity contribution in [2.75, 3.05) is 19.8 Å². The molecule has 0 aromatic heterocycles. The summed E-state index contributed by atoms with van der Waals surface area (Å²) in [5.74, 6) is -0.217. The molecule has 4 heteroatoms. The Balaban J connectivity index is 3.47. The van der Waals surface area contributed by atoms with Crippen molar-refractivity contribution in [3.63, 3.8) is 0 Å². The van der Waals surface area contributed by atoms with Crippen LogP contribution in [0.1, 0.15) is 155 Å². The van der Waals surface area contributed by atoms with Crippen molar-refractivity contribution >= 4 is 5.97 Å². The first-order chi connectivity index (χ1) is 20.2. The Morgan fingerprint density at radius 1 is 0.610 bits per heavy atom. The lowest BCUT2D eigenvalue weighted by atomic mass is 10.1. The minimum atomic E-state index is -0.540. The predicted molar refractivity (Wildman–Crippen MR) is 177 cm³/mol. The highest BCUT2D eigenvalue weighted by Crippen LogP contribution is 2.11. The topological polar surface area (TPSA) is 55.8 Å². The van der Waals surface area contributed by atoms with E-state index in [4.69, 9.17) is 9.47 Å². The van der Waals surface area contributed by atoms with Gasteiger partial charge in [-0.1, -0.05) is 133 Å². The molecule has 0 radical (unpaired) electrons. The van der Waals surface area contributed by atoms with Crippen LogP contribution in [0, 0.1) is 0 Å². The maximum atomic E-state index is 12.1. The van der Waals surface area contributed by atoms with E-state index in [1.165, 1.54) is 89.9 Å². The van der Waals surface area contributed by atoms with E-state index in [1.807, 2.05) is 0 Å². The molecule has 0 saturated carbocycles. The number of aliphatic hydroxyl groups excluding tert-OH is 1. The first kappa shape index (κ1) is 39.4. The zero-order valence-corrected chi connectivity index (χ0v) is 27.0. The van der Waals surface area contributed by atoms with Gasteiger partial charge in [0.15, 0.2) is 0 Å². The molecular formula is C37H66O4. The Morgan fingerprint density at radius 2 is 1.10 bits per heavy atom. The van der Waals surface area contributed by atoms with Gasteiger partial charge in [0.05, 0.1) is 13.2 Å². The molecule has 0 fully saturated rings. The van der Waals surface area contributed by atoms with Gasteiger partial charge in [0.2, 0.25) is 0 Å². The summed E-state index contributed by atoms with van der Waals surface area (Å²) in [5.41, 5.74) is 0. The van der Waals surface area contributed by atoms with Crippen LogP contribution in [0.3, 0.4) is 0 Å². The molecule has 0 bridgehead atoms. The fourth-order valence-corrected chi connectivity index (χ4v) is 4.56. The second kappa shape index (κ2) is 34.6. The highest BCUT2D eigenvalue weighted by Gasteiger charge is 2.13. The third kappa shape index (κ3) is 32.7. The van der Waals surface area contributed by atoms with E-state index >= 15 is 0 Å². The molecule has 0 heterocycles. The number of esters is 1. The van der Waals surface area contributed by atoms with Crippen LogP contribution >= 0.6 is 0 Å². The summed E-state index contributed by atoms with van der Waals surface area (Å²) < 4.78 is 11.1. The van der Waals surface area contributed by atoms with Crippen LogP contribution < -0.4 is 0 Å². The second-order valence-electron chi connectivity index (χ2n) is 11.2. The van der Waals surface area contributed by atoms with E-state index in [9.17, 15) is 9.90 Å². The Hall–Kier alpha value is -1.65. The van der Waals surface area contributed by atoms with Gasteiger partial charge in [-0.25, -0.2) is 0 Å². The molecule has 0 aliphatic rings. The maximum absolute atomic E-state index is 12.1. The van der Waals surface area contributed by atoms with Crippen molar-refractivity contribution in [3.8, 4) is 0 Å². The van der Waals surface area contributed by atoms with Crippen molar-refractivity contribution in [1.29, 1.82) is 0 Å². The van der Waals surface area contributed by atoms with Crippen molar-refractivity contribution in [2.24, 2.45) is 0 Å². The molecule has 0 aromatic carbocycles. The summed E-state index contributed by atoms with van der Waals surface area (Å²) in [6.07, 6.45) is 42.9. The van der Waals surface area contributed by atoms with Crippen LogP contribution in [0.25, 0.3) is 0 Å². The highest BCUT2D eigenvalue weighted by atomic mass is 16.6. The van der Waals surface area contributed by atoms with Gasteiger partial charge in [-0.05, 0) is 64.2 Å². The van der Waals surface area contributed by atoms with Gasteiger partial charge in [0.1, 0.15) is 6.10 Å². The SMILES string of the molecule is CC/C=C\C/C=C\C/C=C\CCCCCCCCCCOCC(CO)OC(=O)CCCCCCC/C=C\CCCC. The normalized spacial score (nSPS) is 13.0. The van der Waals surface area contributed by atoms with Crippen LogP contribution in [0.4, 0.5) is 0 Å². The molecule has 1 N–H and O–H groups in total. The van der Waals surface area contributed by atoms with E-state index in [0.29, 0.717) is 13.0 Å². The molecule has 4 nitrogen and oxygen atoms in total. The summed E-state index contributed by atoms with van der Waals surface area (Å²) in [5, 5.41) is 9.52. The molecule has 0 aliphatic heterocycles. The van der Waals surface area contributed by atoms with E-state index < -0.39 is 6.10 Å². The molecule has 0 amide bonds. The van der Waals surface area contributed by atoms with E-state index in [0.717, 1.165) is 44.9 Å². The quantitative estimate of drug-likeness (QED) is 0.0508. The zero-order chi connectivity index (χ0) is 29.9. The Kier molecular flexibility index (Phi) is 33.2. The van der Waals surface area contributed by atoms with Gasteiger partial charge in [-0.2, -0.15) is 0 Å². The van der Waals surface area contributed by atoms with Gasteiger partial charge >= 0.3 is 5.97 Å². The minimum Gasteiger partial charge on any atom is -0.457 e. The summed E-state index contributed by atoms with van der Waals surface area (Å²) in [6, 6.07) is 0. The van der Waals surface area contributed by atoms with Crippen LogP contribution in [0.5, 0.6) is 0 Å². The lowest BCUT2D eigenvalue weighted by molar-refractivity contribution is -0.154. The number of carbonyl (C=O) groups excluding carboxylic acids is 1. The number of hydrogen-bond donors (Lipinski definition) is 1. The summed E-state index contributed by atoms with van der Waals surface area (Å²) in [7, 11) is 0. The van der Waals surface area contributed by atoms with Crippen LogP contribution in [0.15, 0.2) is 48.6 Å². The lowest BCUT2D eigenvalue weighted by Gasteiger charge is -2.15. The number of carbonyl (C=O) groups is 1. The highest BCUT2D eigenvalue weighted by molar-refractivity contribution is 5.69. The van der Waals surface area contributed by atoms with Crippen molar-refractivity contribution in [2.45, 2.75) is 161 Å². The summed E-state index contributed by atoms with van der Waals surface area (Å²) >= 11 is 0. The first-order valence-corrected chi connectivity index (χ1v) is 17.2. The molecule has 1 atom stereocenters. The third-order valence-electron chi connectivity index (χ3n) is 7.14. The molecule has 0 aromatic rings. The molecule has 0 spiro atoms. The van der Waals surface area contributed by atoms with E-state index in [2.05, 4.69) is 62.5 Å². The number of rotatable bonds is 31. The average molecular weight is 575 g/mol. The largest absolute Gasteiger partial charge is 0.457 e. The number of ether oxygens (including phenoxy) is 2. The molecule has 0 rings (SSSR count). The van der Waals surface area contributed by atoms with Crippen molar-refractivity contribution in [3.05, 3.63) is 48.6 Å². The van der Waals surface area contributed by atoms with E-state index in [1.54, 1.807) is 0 Å². The molecular weight excluding hydrogens is 508 g/mol. The summed E-state index contributed by atoms with van der Waals surface area (Å²) in [4.78, 5) is 12.1. The first-order valence-electron chi connectivity index (χ1n) is 17.2. The van der Waals surface area contributed by atoms with Gasteiger partial charge < -0.3 is 14.6 Å².